The Morgan fingerprint density at radius 1 is 0.840 bits per heavy atom. The van der Waals surface area contributed by atoms with Crippen LogP contribution in [0.1, 0.15) is 162 Å². The van der Waals surface area contributed by atoms with Crippen molar-refractivity contribution in [1.29, 1.82) is 0 Å². The van der Waals surface area contributed by atoms with Gasteiger partial charge >= 0.3 is 5.97 Å². The second-order valence-corrected chi connectivity index (χ2v) is 29.6. The first-order chi connectivity index (χ1) is 23.3. The van der Waals surface area contributed by atoms with Gasteiger partial charge in [-0.1, -0.05) is 121 Å². The molecule has 50 heavy (non-hydrogen) atoms. The lowest BCUT2D eigenvalue weighted by molar-refractivity contribution is -0.143. The average molecular weight is 729 g/mol. The molecule has 1 unspecified atom stereocenters. The number of hydrogen-bond acceptors (Lipinski definition) is 4. The van der Waals surface area contributed by atoms with Crippen LogP contribution in [0, 0.1) is 23.2 Å². The molecule has 0 aliphatic heterocycles. The molecule has 0 amide bonds. The molecule has 0 heterocycles. The van der Waals surface area contributed by atoms with Crippen molar-refractivity contribution in [2.24, 2.45) is 23.2 Å². The summed E-state index contributed by atoms with van der Waals surface area (Å²) in [5.41, 5.74) is 7.69. The predicted molar refractivity (Wildman–Crippen MR) is 220 cm³/mol. The zero-order valence-corrected chi connectivity index (χ0v) is 37.4. The minimum Gasteiger partial charge on any atom is -0.466 e. The lowest BCUT2D eigenvalue weighted by Gasteiger charge is -2.49. The Balaban J connectivity index is 2.00. The Morgan fingerprint density at radius 2 is 1.38 bits per heavy atom. The van der Waals surface area contributed by atoms with Crippen LogP contribution >= 0.6 is 0 Å². The van der Waals surface area contributed by atoms with Crippen LogP contribution in [-0.4, -0.2) is 41.4 Å². The Hall–Kier alpha value is -0.956. The third-order valence-electron chi connectivity index (χ3n) is 14.2. The second-order valence-electron chi connectivity index (χ2n) is 18.8. The van der Waals surface area contributed by atoms with Gasteiger partial charge in [-0.15, -0.1) is 0 Å². The van der Waals surface area contributed by atoms with Gasteiger partial charge in [-0.3, -0.25) is 4.79 Å². The maximum atomic E-state index is 12.2. The Morgan fingerprint density at radius 3 is 1.90 bits per heavy atom. The minimum atomic E-state index is -2.14. The van der Waals surface area contributed by atoms with E-state index in [0.29, 0.717) is 69.4 Å². The van der Waals surface area contributed by atoms with Crippen LogP contribution in [-0.2, 0) is 18.4 Å². The van der Waals surface area contributed by atoms with E-state index < -0.39 is 16.6 Å². The predicted octanol–water partition coefficient (Wildman–Crippen LogP) is 13.5. The van der Waals surface area contributed by atoms with Gasteiger partial charge in [0.1, 0.15) is 0 Å². The molecule has 6 heteroatoms. The molecule has 0 bridgehead atoms. The van der Waals surface area contributed by atoms with Crippen LogP contribution in [0.5, 0.6) is 0 Å². The molecule has 3 aliphatic rings. The van der Waals surface area contributed by atoms with Crippen LogP contribution in [0.3, 0.4) is 0 Å². The topological polar surface area (TPSA) is 44.8 Å². The largest absolute Gasteiger partial charge is 0.466 e. The Kier molecular flexibility index (Phi) is 15.6. The molecule has 3 saturated carbocycles. The molecule has 0 aromatic carbocycles. The van der Waals surface area contributed by atoms with Crippen LogP contribution in [0.2, 0.25) is 33.2 Å². The fraction of sp³-hybridized carbons (Fsp3) is 0.841. The maximum Gasteiger partial charge on any atom is 0.305 e. The van der Waals surface area contributed by atoms with Gasteiger partial charge in [-0.2, -0.15) is 0 Å². The fourth-order valence-electron chi connectivity index (χ4n) is 12.0. The highest BCUT2D eigenvalue weighted by atomic mass is 28.4. The lowest BCUT2D eigenvalue weighted by Crippen LogP contribution is -2.54. The monoisotopic (exact) mass is 729 g/mol. The zero-order valence-electron chi connectivity index (χ0n) is 35.4. The standard InChI is InChI=1S/C44H80O4Si2/c1-17-46-43(45)25-20-35(14)40-23-24-41-37(19-18-26-44(40,41)16)21-22-38-27-39(47-49(29(2)3,30(4)5)31(6)7)28-42(36(38)15)48-50(32(8)9,33(10)11)34(12)13/h21-22,29-35,39-42H,15,17-20,23-28H2,1-14,16H3/b37-21?,38-22+/t35?,39-,40-,41+,42+,44-/m1/s1. The van der Waals surface area contributed by atoms with Crippen LogP contribution in [0.4, 0.5) is 0 Å². The van der Waals surface area contributed by atoms with E-state index in [1.807, 2.05) is 6.92 Å². The number of allylic oxidation sites excluding steroid dienone is 3. The fourth-order valence-corrected chi connectivity index (χ4v) is 23.1. The third-order valence-corrected chi connectivity index (χ3v) is 26.5. The summed E-state index contributed by atoms with van der Waals surface area (Å²) in [5.74, 6) is 1.75. The zero-order chi connectivity index (χ0) is 37.8. The number of rotatable bonds is 16. The summed E-state index contributed by atoms with van der Waals surface area (Å²) in [7, 11) is -4.22. The first kappa shape index (κ1) is 43.4. The summed E-state index contributed by atoms with van der Waals surface area (Å²) < 4.78 is 20.4. The summed E-state index contributed by atoms with van der Waals surface area (Å²) in [6.45, 7) is 41.0. The van der Waals surface area contributed by atoms with Gasteiger partial charge in [0.2, 0.25) is 16.6 Å². The van der Waals surface area contributed by atoms with Crippen molar-refractivity contribution < 1.29 is 18.4 Å². The number of ether oxygens (including phenoxy) is 1. The van der Waals surface area contributed by atoms with Crippen molar-refractivity contribution in [3.05, 3.63) is 35.5 Å². The van der Waals surface area contributed by atoms with Gasteiger partial charge in [0.15, 0.2) is 0 Å². The molecule has 0 aromatic rings. The SMILES string of the molecule is C=C1/C(=C/C=C2CCC[C@]3(C)[C@@H](C(C)CCC(=O)OCC)CC[C@@H]23)C[C@@H](O[Si](C(C)C)(C(C)C)C(C)C)C[C@@H]1O[Si](C(C)C)(C(C)C)C(C)C. The van der Waals surface area contributed by atoms with E-state index in [0.717, 1.165) is 19.3 Å². The van der Waals surface area contributed by atoms with Gasteiger partial charge < -0.3 is 13.6 Å². The molecular weight excluding hydrogens is 649 g/mol. The maximum absolute atomic E-state index is 12.2. The van der Waals surface area contributed by atoms with Crippen LogP contribution < -0.4 is 0 Å². The van der Waals surface area contributed by atoms with Gasteiger partial charge in [-0.05, 0) is 119 Å². The smallest absolute Gasteiger partial charge is 0.305 e. The van der Waals surface area contributed by atoms with Crippen molar-refractivity contribution in [2.45, 2.75) is 207 Å². The van der Waals surface area contributed by atoms with Gasteiger partial charge in [0, 0.05) is 12.8 Å². The van der Waals surface area contributed by atoms with Crippen molar-refractivity contribution >= 4 is 22.6 Å². The molecule has 0 N–H and O–H groups in total. The van der Waals surface area contributed by atoms with E-state index in [-0.39, 0.29) is 18.2 Å². The number of esters is 1. The molecule has 0 aromatic heterocycles. The third kappa shape index (κ3) is 8.87. The minimum absolute atomic E-state index is 0.00295. The normalized spacial score (nSPS) is 29.0. The highest BCUT2D eigenvalue weighted by Crippen LogP contribution is 2.60. The van der Waals surface area contributed by atoms with E-state index in [1.165, 1.54) is 43.3 Å². The number of fused-ring (bicyclic) bond motifs is 1. The van der Waals surface area contributed by atoms with Crippen molar-refractivity contribution in [3.63, 3.8) is 0 Å². The van der Waals surface area contributed by atoms with Gasteiger partial charge in [0.05, 0.1) is 18.8 Å². The Labute approximate surface area is 312 Å². The Bertz CT molecular complexity index is 1150. The van der Waals surface area contributed by atoms with E-state index >= 15 is 0 Å². The summed E-state index contributed by atoms with van der Waals surface area (Å²) >= 11 is 0. The lowest BCUT2D eigenvalue weighted by atomic mass is 9.60. The molecule has 4 nitrogen and oxygen atoms in total. The average Bonchev–Trinajstić information content (AvgIpc) is 3.38. The summed E-state index contributed by atoms with van der Waals surface area (Å²) in [6, 6.07) is 0. The van der Waals surface area contributed by atoms with E-state index in [1.54, 1.807) is 5.57 Å². The molecule has 0 spiro atoms. The molecule has 3 aliphatic carbocycles. The second kappa shape index (κ2) is 17.9. The summed E-state index contributed by atoms with van der Waals surface area (Å²) in [5, 5.41) is 0. The molecule has 3 rings (SSSR count). The summed E-state index contributed by atoms with van der Waals surface area (Å²) in [4.78, 5) is 12.2. The molecular formula is C44H80O4Si2. The van der Waals surface area contributed by atoms with Crippen molar-refractivity contribution in [1.82, 2.24) is 0 Å². The number of carbonyl (C=O) groups excluding carboxylic acids is 1. The molecule has 0 radical (unpaired) electrons. The number of hydrogen-bond donors (Lipinski definition) is 0. The molecule has 3 fully saturated rings. The molecule has 288 valence electrons. The van der Waals surface area contributed by atoms with Crippen molar-refractivity contribution in [2.75, 3.05) is 6.61 Å². The van der Waals surface area contributed by atoms with Gasteiger partial charge in [0.25, 0.3) is 0 Å². The summed E-state index contributed by atoms with van der Waals surface area (Å²) in [6.07, 6.45) is 14.7. The van der Waals surface area contributed by atoms with Crippen LogP contribution in [0.15, 0.2) is 35.5 Å². The van der Waals surface area contributed by atoms with Gasteiger partial charge in [-0.25, -0.2) is 0 Å². The van der Waals surface area contributed by atoms with E-state index in [4.69, 9.17) is 20.2 Å². The van der Waals surface area contributed by atoms with Crippen molar-refractivity contribution in [3.8, 4) is 0 Å². The highest BCUT2D eigenvalue weighted by Gasteiger charge is 2.52. The van der Waals surface area contributed by atoms with E-state index in [9.17, 15) is 4.79 Å². The first-order valence-corrected chi connectivity index (χ1v) is 25.2. The quantitative estimate of drug-likeness (QED) is 0.117. The molecule has 0 saturated heterocycles. The number of carbonyl (C=O) groups is 1. The highest BCUT2D eigenvalue weighted by molar-refractivity contribution is 6.78. The van der Waals surface area contributed by atoms with E-state index in [2.05, 4.69) is 109 Å². The van der Waals surface area contributed by atoms with Crippen LogP contribution in [0.25, 0.3) is 0 Å². The first-order valence-electron chi connectivity index (χ1n) is 20.9. The molecule has 6 atom stereocenters.